The number of hydrogen-bond donors (Lipinski definition) is 0. The van der Waals surface area contributed by atoms with Crippen LogP contribution in [0.1, 0.15) is 11.1 Å². The van der Waals surface area contributed by atoms with Gasteiger partial charge in [0.05, 0.1) is 0 Å². The molecule has 0 aliphatic heterocycles. The van der Waals surface area contributed by atoms with Crippen LogP contribution in [0.3, 0.4) is 0 Å². The van der Waals surface area contributed by atoms with E-state index in [4.69, 9.17) is 10.5 Å². The molecule has 0 aliphatic carbocycles. The van der Waals surface area contributed by atoms with E-state index in [0.29, 0.717) is 12.1 Å². The molecule has 0 heterocycles. The van der Waals surface area contributed by atoms with Crippen LogP contribution >= 0.6 is 0 Å². The zero-order valence-corrected chi connectivity index (χ0v) is 20.8. The lowest BCUT2D eigenvalue weighted by Gasteiger charge is -2.32. The highest BCUT2D eigenvalue weighted by atomic mass is 32.2. The van der Waals surface area contributed by atoms with Gasteiger partial charge in [0.1, 0.15) is 23.3 Å². The molecule has 0 spiro atoms. The van der Waals surface area contributed by atoms with Crippen LogP contribution in [0, 0.1) is 22.7 Å². The first kappa shape index (κ1) is 38.5. The van der Waals surface area contributed by atoms with Crippen molar-refractivity contribution in [2.24, 2.45) is 0 Å². The summed E-state index contributed by atoms with van der Waals surface area (Å²) in [6.07, 6.45) is -15.1. The monoisotopic (exact) mass is 724 g/mol. The number of halogens is 18. The van der Waals surface area contributed by atoms with Gasteiger partial charge in [-0.25, -0.2) is 0 Å². The predicted octanol–water partition coefficient (Wildman–Crippen LogP) is 5.70. The summed E-state index contributed by atoms with van der Waals surface area (Å²) in [7, 11) is -15.8. The smallest absolute Gasteiger partial charge is 0.377 e. The lowest BCUT2D eigenvalue weighted by atomic mass is 10.1. The standard InChI is InChI=1S/C16H2F18N2O6S2/c17-9(18,13(25,26)27)11(21,22)15(31,32)43(37,38)41-7-1-2-8(6(4-36)5(7)3-35)42-44(39,40)16(33,34)12(23,24)10(19,20)14(28,29)30/h1-2H. The Morgan fingerprint density at radius 2 is 0.705 bits per heavy atom. The number of hydrogen-bond acceptors (Lipinski definition) is 8. The van der Waals surface area contributed by atoms with Gasteiger partial charge in [0.15, 0.2) is 11.5 Å². The van der Waals surface area contributed by atoms with Crippen LogP contribution in [-0.2, 0) is 20.2 Å². The molecule has 8 nitrogen and oxygen atoms in total. The minimum atomic E-state index is -7.92. The third-order valence-electron chi connectivity index (χ3n) is 4.61. The molecule has 0 aliphatic rings. The maximum atomic E-state index is 13.8. The van der Waals surface area contributed by atoms with Gasteiger partial charge >= 0.3 is 66.8 Å². The third kappa shape index (κ3) is 5.45. The summed E-state index contributed by atoms with van der Waals surface area (Å²) in [6.45, 7) is 0. The van der Waals surface area contributed by atoms with Gasteiger partial charge in [-0.1, -0.05) is 0 Å². The number of alkyl halides is 18. The van der Waals surface area contributed by atoms with Crippen LogP contribution in [0.25, 0.3) is 0 Å². The highest BCUT2D eigenvalue weighted by molar-refractivity contribution is 7.88. The fraction of sp³-hybridized carbons (Fsp3) is 0.500. The minimum Gasteiger partial charge on any atom is -0.377 e. The molecule has 44 heavy (non-hydrogen) atoms. The van der Waals surface area contributed by atoms with Gasteiger partial charge in [0.25, 0.3) is 0 Å². The van der Waals surface area contributed by atoms with Crippen molar-refractivity contribution in [1.82, 2.24) is 0 Å². The van der Waals surface area contributed by atoms with Crippen LogP contribution in [0.5, 0.6) is 11.5 Å². The van der Waals surface area contributed by atoms with Crippen molar-refractivity contribution >= 4 is 20.2 Å². The SMILES string of the molecule is N#Cc1c(OS(=O)(=O)C(F)(F)C(F)(F)C(F)(F)C(F)(F)F)ccc(OS(=O)(=O)C(F)(F)C(F)(F)C(F)(F)C(F)(F)F)c1C#N. The Hall–Kier alpha value is -3.56. The van der Waals surface area contributed by atoms with Gasteiger partial charge < -0.3 is 8.37 Å². The van der Waals surface area contributed by atoms with Crippen LogP contribution in [0.4, 0.5) is 79.0 Å². The van der Waals surface area contributed by atoms with Gasteiger partial charge in [-0.2, -0.15) is 106 Å². The molecule has 0 N–H and O–H groups in total. The van der Waals surface area contributed by atoms with E-state index in [1.54, 1.807) is 0 Å². The van der Waals surface area contributed by atoms with E-state index in [1.807, 2.05) is 0 Å². The average molecular weight is 724 g/mol. The zero-order valence-electron chi connectivity index (χ0n) is 19.1. The molecule has 0 saturated carbocycles. The second kappa shape index (κ2) is 10.5. The number of nitrogens with zero attached hydrogens (tertiary/aromatic N) is 2. The molecule has 1 aromatic rings. The minimum absolute atomic E-state index is 0.470. The molecule has 0 atom stereocenters. The Balaban J connectivity index is 3.77. The molecule has 250 valence electrons. The summed E-state index contributed by atoms with van der Waals surface area (Å²) >= 11 is 0. The van der Waals surface area contributed by atoms with Crippen molar-refractivity contribution in [3.63, 3.8) is 0 Å². The Morgan fingerprint density at radius 1 is 0.477 bits per heavy atom. The molecule has 0 fully saturated rings. The van der Waals surface area contributed by atoms with Gasteiger partial charge in [-0.15, -0.1) is 0 Å². The largest absolute Gasteiger partial charge is 0.460 e. The van der Waals surface area contributed by atoms with Crippen molar-refractivity contribution in [1.29, 1.82) is 10.5 Å². The average Bonchev–Trinajstić information content (AvgIpc) is 2.81. The van der Waals surface area contributed by atoms with Crippen molar-refractivity contribution in [3.8, 4) is 23.6 Å². The third-order valence-corrected chi connectivity index (χ3v) is 7.18. The highest BCUT2D eigenvalue weighted by Crippen LogP contribution is 2.56. The van der Waals surface area contributed by atoms with Crippen molar-refractivity contribution in [2.75, 3.05) is 0 Å². The van der Waals surface area contributed by atoms with E-state index in [9.17, 15) is 95.9 Å². The van der Waals surface area contributed by atoms with Crippen molar-refractivity contribution in [3.05, 3.63) is 23.3 Å². The quantitative estimate of drug-likeness (QED) is 0.222. The van der Waals surface area contributed by atoms with Crippen molar-refractivity contribution < 1.29 is 104 Å². The topological polar surface area (TPSA) is 134 Å². The second-order valence-corrected chi connectivity index (χ2v) is 10.6. The lowest BCUT2D eigenvalue weighted by molar-refractivity contribution is -0.382. The maximum absolute atomic E-state index is 13.8. The van der Waals surface area contributed by atoms with Crippen LogP contribution in [0.15, 0.2) is 12.1 Å². The molecule has 0 bridgehead atoms. The number of nitriles is 2. The molecule has 0 amide bonds. The van der Waals surface area contributed by atoms with Gasteiger partial charge in [0.2, 0.25) is 0 Å². The van der Waals surface area contributed by atoms with Crippen LogP contribution < -0.4 is 8.37 Å². The first-order valence-electron chi connectivity index (χ1n) is 9.33. The van der Waals surface area contributed by atoms with E-state index >= 15 is 0 Å². The summed E-state index contributed by atoms with van der Waals surface area (Å²) in [5.41, 5.74) is -4.36. The van der Waals surface area contributed by atoms with E-state index in [-0.39, 0.29) is 0 Å². The second-order valence-electron chi connectivity index (χ2n) is 7.44. The lowest BCUT2D eigenvalue weighted by Crippen LogP contribution is -2.63. The van der Waals surface area contributed by atoms with Crippen molar-refractivity contribution in [2.45, 2.75) is 46.6 Å². The Bertz CT molecular complexity index is 1480. The molecule has 0 aromatic heterocycles. The molecule has 0 unspecified atom stereocenters. The first-order valence-corrected chi connectivity index (χ1v) is 12.1. The van der Waals surface area contributed by atoms with E-state index < -0.39 is 102 Å². The summed E-state index contributed by atoms with van der Waals surface area (Å²) < 4.78 is 287. The van der Waals surface area contributed by atoms with Gasteiger partial charge in [-0.05, 0) is 12.1 Å². The van der Waals surface area contributed by atoms with Gasteiger partial charge in [-0.3, -0.25) is 0 Å². The Morgan fingerprint density at radius 3 is 0.886 bits per heavy atom. The van der Waals surface area contributed by atoms with Gasteiger partial charge in [0, 0.05) is 0 Å². The van der Waals surface area contributed by atoms with Crippen LogP contribution in [0.2, 0.25) is 0 Å². The number of benzene rings is 1. The molecular formula is C16H2F18N2O6S2. The highest BCUT2D eigenvalue weighted by Gasteiger charge is 2.87. The summed E-state index contributed by atoms with van der Waals surface area (Å²) in [5.74, 6) is -36.2. The van der Waals surface area contributed by atoms with E-state index in [0.717, 1.165) is 0 Å². The molecule has 1 rings (SSSR count). The molecule has 1 aromatic carbocycles. The van der Waals surface area contributed by atoms with E-state index in [2.05, 4.69) is 8.37 Å². The zero-order chi connectivity index (χ0) is 35.6. The normalized spacial score (nSPS) is 14.9. The fourth-order valence-electron chi connectivity index (χ4n) is 2.30. The maximum Gasteiger partial charge on any atom is 0.460 e. The Kier molecular flexibility index (Phi) is 9.19. The fourth-order valence-corrected chi connectivity index (χ4v) is 4.15. The summed E-state index contributed by atoms with van der Waals surface area (Å²) in [6, 6.07) is -0.230. The Labute approximate surface area is 229 Å². The number of rotatable bonds is 10. The molecule has 0 radical (unpaired) electrons. The predicted molar refractivity (Wildman–Crippen MR) is 96.8 cm³/mol. The molecule has 28 heteroatoms. The van der Waals surface area contributed by atoms with E-state index in [1.165, 1.54) is 0 Å². The molecular weight excluding hydrogens is 722 g/mol. The summed E-state index contributed by atoms with van der Waals surface area (Å²) in [5, 5.41) is 2.71. The van der Waals surface area contributed by atoms with Crippen LogP contribution in [-0.4, -0.2) is 63.4 Å². The molecule has 0 saturated heterocycles. The summed E-state index contributed by atoms with van der Waals surface area (Å²) in [4.78, 5) is 0. The first-order chi connectivity index (χ1) is 19.1.